The van der Waals surface area contributed by atoms with Gasteiger partial charge in [0.2, 0.25) is 0 Å². The van der Waals surface area contributed by atoms with Crippen LogP contribution in [0.3, 0.4) is 0 Å². The maximum atomic E-state index is 13.7. The van der Waals surface area contributed by atoms with Gasteiger partial charge in [0.1, 0.15) is 12.4 Å². The molecule has 0 saturated heterocycles. The summed E-state index contributed by atoms with van der Waals surface area (Å²) in [5.74, 6) is 0.468. The molecule has 2 rings (SSSR count). The van der Waals surface area contributed by atoms with Crippen molar-refractivity contribution in [2.75, 3.05) is 7.11 Å². The average Bonchev–Trinajstić information content (AvgIpc) is 2.46. The SMILES string of the molecule is COc1cccc(CO)c1OCc1ccc(Cl)cc1F. The molecule has 0 aliphatic carbocycles. The molecule has 1 N–H and O–H groups in total. The van der Waals surface area contributed by atoms with E-state index in [0.29, 0.717) is 27.6 Å². The van der Waals surface area contributed by atoms with Gasteiger partial charge < -0.3 is 14.6 Å². The van der Waals surface area contributed by atoms with Crippen LogP contribution < -0.4 is 9.47 Å². The van der Waals surface area contributed by atoms with E-state index in [-0.39, 0.29) is 13.2 Å². The predicted molar refractivity (Wildman–Crippen MR) is 74.7 cm³/mol. The van der Waals surface area contributed by atoms with Crippen molar-refractivity contribution in [3.8, 4) is 11.5 Å². The molecule has 0 saturated carbocycles. The largest absolute Gasteiger partial charge is 0.493 e. The predicted octanol–water partition coefficient (Wildman–Crippen LogP) is 3.56. The number of hydrogen-bond donors (Lipinski definition) is 1. The van der Waals surface area contributed by atoms with Crippen molar-refractivity contribution in [1.82, 2.24) is 0 Å². The molecular weight excluding hydrogens is 283 g/mol. The van der Waals surface area contributed by atoms with Gasteiger partial charge >= 0.3 is 0 Å². The van der Waals surface area contributed by atoms with Gasteiger partial charge in [-0.2, -0.15) is 0 Å². The first-order valence-corrected chi connectivity index (χ1v) is 6.37. The number of para-hydroxylation sites is 1. The monoisotopic (exact) mass is 296 g/mol. The molecule has 0 bridgehead atoms. The van der Waals surface area contributed by atoms with E-state index in [2.05, 4.69) is 0 Å². The van der Waals surface area contributed by atoms with Crippen LogP contribution >= 0.6 is 11.6 Å². The number of benzene rings is 2. The molecule has 0 radical (unpaired) electrons. The highest BCUT2D eigenvalue weighted by Gasteiger charge is 2.11. The lowest BCUT2D eigenvalue weighted by atomic mass is 10.2. The molecule has 0 unspecified atom stereocenters. The minimum absolute atomic E-state index is 0.0242. The Morgan fingerprint density at radius 3 is 2.65 bits per heavy atom. The van der Waals surface area contributed by atoms with E-state index in [1.807, 2.05) is 0 Å². The van der Waals surface area contributed by atoms with Crippen LogP contribution in [0, 0.1) is 5.82 Å². The van der Waals surface area contributed by atoms with Crippen molar-refractivity contribution in [2.45, 2.75) is 13.2 Å². The van der Waals surface area contributed by atoms with Crippen LogP contribution in [0.25, 0.3) is 0 Å². The second-order valence-electron chi connectivity index (χ2n) is 4.13. The van der Waals surface area contributed by atoms with Crippen LogP contribution in [0.4, 0.5) is 4.39 Å². The van der Waals surface area contributed by atoms with Crippen LogP contribution in [0.2, 0.25) is 5.02 Å². The lowest BCUT2D eigenvalue weighted by Gasteiger charge is -2.14. The Hall–Kier alpha value is -1.78. The van der Waals surface area contributed by atoms with Gasteiger partial charge in [-0.3, -0.25) is 0 Å². The summed E-state index contributed by atoms with van der Waals surface area (Å²) < 4.78 is 24.4. The minimum atomic E-state index is -0.432. The van der Waals surface area contributed by atoms with Crippen molar-refractivity contribution in [1.29, 1.82) is 0 Å². The summed E-state index contributed by atoms with van der Waals surface area (Å²) in [6.45, 7) is -0.161. The quantitative estimate of drug-likeness (QED) is 0.917. The highest BCUT2D eigenvalue weighted by atomic mass is 35.5. The number of aliphatic hydroxyl groups is 1. The Kier molecular flexibility index (Phi) is 4.82. The third-order valence-corrected chi connectivity index (χ3v) is 3.07. The molecule has 0 atom stereocenters. The molecule has 0 spiro atoms. The smallest absolute Gasteiger partial charge is 0.167 e. The summed E-state index contributed by atoms with van der Waals surface area (Å²) in [5.41, 5.74) is 0.961. The van der Waals surface area contributed by atoms with Gasteiger partial charge in [-0.25, -0.2) is 4.39 Å². The molecule has 0 aliphatic heterocycles. The fourth-order valence-corrected chi connectivity index (χ4v) is 1.96. The summed E-state index contributed by atoms with van der Waals surface area (Å²) in [7, 11) is 1.51. The van der Waals surface area contributed by atoms with E-state index >= 15 is 0 Å². The third-order valence-electron chi connectivity index (χ3n) is 2.84. The summed E-state index contributed by atoms with van der Waals surface area (Å²) in [4.78, 5) is 0. The van der Waals surface area contributed by atoms with Crippen molar-refractivity contribution >= 4 is 11.6 Å². The molecule has 5 heteroatoms. The Morgan fingerprint density at radius 1 is 1.20 bits per heavy atom. The Balaban J connectivity index is 2.22. The van der Waals surface area contributed by atoms with Crippen molar-refractivity contribution < 1.29 is 19.0 Å². The van der Waals surface area contributed by atoms with E-state index in [0.717, 1.165) is 0 Å². The van der Waals surface area contributed by atoms with E-state index in [1.165, 1.54) is 13.2 Å². The lowest BCUT2D eigenvalue weighted by molar-refractivity contribution is 0.248. The first kappa shape index (κ1) is 14.6. The van der Waals surface area contributed by atoms with Gasteiger partial charge in [-0.05, 0) is 18.2 Å². The van der Waals surface area contributed by atoms with Gasteiger partial charge in [0.05, 0.1) is 13.7 Å². The fraction of sp³-hybridized carbons (Fsp3) is 0.200. The molecule has 0 amide bonds. The number of methoxy groups -OCH3 is 1. The highest BCUT2D eigenvalue weighted by molar-refractivity contribution is 6.30. The zero-order valence-corrected chi connectivity index (χ0v) is 11.7. The molecule has 2 aromatic carbocycles. The third kappa shape index (κ3) is 3.21. The summed E-state index contributed by atoms with van der Waals surface area (Å²) in [6, 6.07) is 9.57. The Morgan fingerprint density at radius 2 is 2.00 bits per heavy atom. The van der Waals surface area contributed by atoms with E-state index in [9.17, 15) is 9.50 Å². The normalized spacial score (nSPS) is 10.4. The maximum Gasteiger partial charge on any atom is 0.167 e. The van der Waals surface area contributed by atoms with Crippen molar-refractivity contribution in [3.05, 3.63) is 58.4 Å². The molecule has 2 aromatic rings. The van der Waals surface area contributed by atoms with Crippen LogP contribution in [-0.4, -0.2) is 12.2 Å². The maximum absolute atomic E-state index is 13.7. The van der Waals surface area contributed by atoms with Crippen LogP contribution in [0.15, 0.2) is 36.4 Å². The number of hydrogen-bond acceptors (Lipinski definition) is 3. The second kappa shape index (κ2) is 6.59. The molecular formula is C15H14ClFO3. The Labute approximate surface area is 121 Å². The molecule has 20 heavy (non-hydrogen) atoms. The first-order chi connectivity index (χ1) is 9.65. The summed E-state index contributed by atoms with van der Waals surface area (Å²) in [5, 5.41) is 9.63. The van der Waals surface area contributed by atoms with Crippen LogP contribution in [0.5, 0.6) is 11.5 Å². The van der Waals surface area contributed by atoms with Crippen molar-refractivity contribution in [2.24, 2.45) is 0 Å². The average molecular weight is 297 g/mol. The van der Waals surface area contributed by atoms with E-state index < -0.39 is 5.82 Å². The molecule has 0 heterocycles. The van der Waals surface area contributed by atoms with Gasteiger partial charge in [0, 0.05) is 16.1 Å². The minimum Gasteiger partial charge on any atom is -0.493 e. The number of ether oxygens (including phenoxy) is 2. The van der Waals surface area contributed by atoms with Gasteiger partial charge in [0.25, 0.3) is 0 Å². The Bertz CT molecular complexity index is 579. The molecule has 106 valence electrons. The topological polar surface area (TPSA) is 38.7 Å². The zero-order chi connectivity index (χ0) is 14.5. The summed E-state index contributed by atoms with van der Waals surface area (Å²) in [6.07, 6.45) is 0. The second-order valence-corrected chi connectivity index (χ2v) is 4.57. The number of aliphatic hydroxyl groups excluding tert-OH is 1. The van der Waals surface area contributed by atoms with Gasteiger partial charge in [-0.15, -0.1) is 0 Å². The van der Waals surface area contributed by atoms with E-state index in [4.69, 9.17) is 21.1 Å². The summed E-state index contributed by atoms with van der Waals surface area (Å²) >= 11 is 5.70. The van der Waals surface area contributed by atoms with Crippen LogP contribution in [0.1, 0.15) is 11.1 Å². The van der Waals surface area contributed by atoms with Gasteiger partial charge in [-0.1, -0.05) is 29.8 Å². The standard InChI is InChI=1S/C15H14ClFO3/c1-19-14-4-2-3-10(8-18)15(14)20-9-11-5-6-12(16)7-13(11)17/h2-7,18H,8-9H2,1H3. The zero-order valence-electron chi connectivity index (χ0n) is 10.9. The van der Waals surface area contributed by atoms with E-state index in [1.54, 1.807) is 30.3 Å². The van der Waals surface area contributed by atoms with Crippen LogP contribution in [-0.2, 0) is 13.2 Å². The number of rotatable bonds is 5. The molecule has 0 fully saturated rings. The molecule has 0 aliphatic rings. The first-order valence-electron chi connectivity index (χ1n) is 5.99. The van der Waals surface area contributed by atoms with Crippen molar-refractivity contribution in [3.63, 3.8) is 0 Å². The molecule has 3 nitrogen and oxygen atoms in total. The number of halogens is 2. The van der Waals surface area contributed by atoms with Gasteiger partial charge in [0.15, 0.2) is 11.5 Å². The molecule has 0 aromatic heterocycles. The fourth-order valence-electron chi connectivity index (χ4n) is 1.80. The highest BCUT2D eigenvalue weighted by Crippen LogP contribution is 2.32. The lowest BCUT2D eigenvalue weighted by Crippen LogP contribution is -2.02.